The number of benzene rings is 2. The Morgan fingerprint density at radius 2 is 1.65 bits per heavy atom. The van der Waals surface area contributed by atoms with E-state index in [9.17, 15) is 22.8 Å². The standard InChI is InChI=1S/C16H8F3NO3/c17-8-1-3-13-10(5-8)15(21)11(16(22)23)7-20(13)14-4-2-9(18)6-12(14)19/h1-7H,(H,22,23). The van der Waals surface area contributed by atoms with Crippen molar-refractivity contribution in [2.75, 3.05) is 0 Å². The lowest BCUT2D eigenvalue weighted by Crippen LogP contribution is -2.19. The van der Waals surface area contributed by atoms with Gasteiger partial charge in [-0.05, 0) is 30.3 Å². The Hall–Kier alpha value is -3.09. The van der Waals surface area contributed by atoms with Crippen LogP contribution in [0.5, 0.6) is 0 Å². The Labute approximate surface area is 127 Å². The van der Waals surface area contributed by atoms with Crippen LogP contribution in [0, 0.1) is 17.5 Å². The quantitative estimate of drug-likeness (QED) is 0.789. The fourth-order valence-electron chi connectivity index (χ4n) is 2.33. The van der Waals surface area contributed by atoms with Crippen LogP contribution in [-0.4, -0.2) is 15.6 Å². The number of carboxylic acid groups (broad SMARTS) is 1. The van der Waals surface area contributed by atoms with Gasteiger partial charge in [0.15, 0.2) is 0 Å². The number of fused-ring (bicyclic) bond motifs is 1. The average molecular weight is 319 g/mol. The molecule has 0 bridgehead atoms. The molecular formula is C16H8F3NO3. The van der Waals surface area contributed by atoms with E-state index in [1.54, 1.807) is 0 Å². The number of halogens is 3. The van der Waals surface area contributed by atoms with Crippen LogP contribution in [0.2, 0.25) is 0 Å². The van der Waals surface area contributed by atoms with E-state index in [-0.39, 0.29) is 16.6 Å². The molecule has 23 heavy (non-hydrogen) atoms. The lowest BCUT2D eigenvalue weighted by molar-refractivity contribution is 0.0695. The second kappa shape index (κ2) is 5.28. The van der Waals surface area contributed by atoms with Gasteiger partial charge in [-0.3, -0.25) is 4.79 Å². The minimum atomic E-state index is -1.53. The van der Waals surface area contributed by atoms with Gasteiger partial charge in [0, 0.05) is 17.6 Å². The van der Waals surface area contributed by atoms with Crippen LogP contribution in [-0.2, 0) is 0 Å². The molecule has 1 N–H and O–H groups in total. The van der Waals surface area contributed by atoms with Gasteiger partial charge >= 0.3 is 5.97 Å². The molecule has 0 aliphatic heterocycles. The van der Waals surface area contributed by atoms with Crippen molar-refractivity contribution in [2.45, 2.75) is 0 Å². The van der Waals surface area contributed by atoms with Crippen molar-refractivity contribution in [1.29, 1.82) is 0 Å². The van der Waals surface area contributed by atoms with Crippen molar-refractivity contribution in [3.63, 3.8) is 0 Å². The smallest absolute Gasteiger partial charge is 0.341 e. The first-order valence-electron chi connectivity index (χ1n) is 6.42. The highest BCUT2D eigenvalue weighted by atomic mass is 19.1. The molecule has 1 heterocycles. The van der Waals surface area contributed by atoms with Gasteiger partial charge in [-0.15, -0.1) is 0 Å². The zero-order valence-corrected chi connectivity index (χ0v) is 11.4. The fourth-order valence-corrected chi connectivity index (χ4v) is 2.33. The number of aromatic nitrogens is 1. The maximum Gasteiger partial charge on any atom is 0.341 e. The molecule has 0 spiro atoms. The molecule has 0 saturated heterocycles. The molecule has 1 aromatic heterocycles. The number of carboxylic acids is 1. The number of hydrogen-bond donors (Lipinski definition) is 1. The number of rotatable bonds is 2. The van der Waals surface area contributed by atoms with Gasteiger partial charge < -0.3 is 9.67 Å². The van der Waals surface area contributed by atoms with Crippen LogP contribution < -0.4 is 5.43 Å². The molecule has 4 nitrogen and oxygen atoms in total. The van der Waals surface area contributed by atoms with E-state index < -0.39 is 34.4 Å². The van der Waals surface area contributed by atoms with Gasteiger partial charge in [-0.25, -0.2) is 18.0 Å². The van der Waals surface area contributed by atoms with Crippen LogP contribution in [0.3, 0.4) is 0 Å². The SMILES string of the molecule is O=C(O)c1cn(-c2ccc(F)cc2F)c2ccc(F)cc2c1=O. The van der Waals surface area contributed by atoms with Crippen molar-refractivity contribution in [1.82, 2.24) is 4.57 Å². The van der Waals surface area contributed by atoms with Gasteiger partial charge in [-0.1, -0.05) is 0 Å². The third-order valence-corrected chi connectivity index (χ3v) is 3.37. The lowest BCUT2D eigenvalue weighted by atomic mass is 10.1. The summed E-state index contributed by atoms with van der Waals surface area (Å²) in [5.41, 5.74) is -1.59. The monoisotopic (exact) mass is 319 g/mol. The maximum atomic E-state index is 14.0. The predicted molar refractivity (Wildman–Crippen MR) is 76.4 cm³/mol. The highest BCUT2D eigenvalue weighted by Gasteiger charge is 2.17. The Kier molecular flexibility index (Phi) is 3.40. The van der Waals surface area contributed by atoms with Gasteiger partial charge in [0.1, 0.15) is 23.0 Å². The molecular weight excluding hydrogens is 311 g/mol. The topological polar surface area (TPSA) is 59.3 Å². The van der Waals surface area contributed by atoms with E-state index in [1.807, 2.05) is 0 Å². The first-order chi connectivity index (χ1) is 10.9. The molecule has 3 rings (SSSR count). The largest absolute Gasteiger partial charge is 0.477 e. The van der Waals surface area contributed by atoms with Crippen molar-refractivity contribution < 1.29 is 23.1 Å². The molecule has 7 heteroatoms. The molecule has 0 fully saturated rings. The highest BCUT2D eigenvalue weighted by Crippen LogP contribution is 2.21. The zero-order chi connectivity index (χ0) is 16.7. The molecule has 0 aliphatic rings. The molecule has 2 aromatic carbocycles. The summed E-state index contributed by atoms with van der Waals surface area (Å²) in [4.78, 5) is 23.3. The van der Waals surface area contributed by atoms with Gasteiger partial charge in [0.25, 0.3) is 0 Å². The van der Waals surface area contributed by atoms with Gasteiger partial charge in [0.05, 0.1) is 11.2 Å². The van der Waals surface area contributed by atoms with Crippen molar-refractivity contribution in [2.24, 2.45) is 0 Å². The highest BCUT2D eigenvalue weighted by molar-refractivity contribution is 5.93. The van der Waals surface area contributed by atoms with Gasteiger partial charge in [-0.2, -0.15) is 0 Å². The average Bonchev–Trinajstić information content (AvgIpc) is 2.48. The van der Waals surface area contributed by atoms with Crippen molar-refractivity contribution in [3.8, 4) is 5.69 Å². The summed E-state index contributed by atoms with van der Waals surface area (Å²) in [6.45, 7) is 0. The minimum Gasteiger partial charge on any atom is -0.477 e. The Bertz CT molecular complexity index is 1010. The predicted octanol–water partition coefficient (Wildman–Crippen LogP) is 3.11. The third-order valence-electron chi connectivity index (χ3n) is 3.37. The zero-order valence-electron chi connectivity index (χ0n) is 11.4. The molecule has 0 aliphatic carbocycles. The molecule has 0 unspecified atom stereocenters. The molecule has 0 radical (unpaired) electrons. The molecule has 116 valence electrons. The lowest BCUT2D eigenvalue weighted by Gasteiger charge is -2.13. The number of hydrogen-bond acceptors (Lipinski definition) is 2. The third kappa shape index (κ3) is 2.46. The molecule has 3 aromatic rings. The Morgan fingerprint density at radius 3 is 2.30 bits per heavy atom. The van der Waals surface area contributed by atoms with E-state index in [4.69, 9.17) is 5.11 Å². The van der Waals surface area contributed by atoms with E-state index in [1.165, 1.54) is 6.07 Å². The van der Waals surface area contributed by atoms with Crippen LogP contribution in [0.4, 0.5) is 13.2 Å². The summed E-state index contributed by atoms with van der Waals surface area (Å²) < 4.78 is 41.5. The summed E-state index contributed by atoms with van der Waals surface area (Å²) >= 11 is 0. The summed E-state index contributed by atoms with van der Waals surface area (Å²) in [6.07, 6.45) is 0.932. The first kappa shape index (κ1) is 14.8. The summed E-state index contributed by atoms with van der Waals surface area (Å²) in [6, 6.07) is 5.88. The maximum absolute atomic E-state index is 14.0. The summed E-state index contributed by atoms with van der Waals surface area (Å²) in [5, 5.41) is 8.90. The van der Waals surface area contributed by atoms with Crippen LogP contribution in [0.15, 0.2) is 47.4 Å². The summed E-state index contributed by atoms with van der Waals surface area (Å²) in [7, 11) is 0. The fraction of sp³-hybridized carbons (Fsp3) is 0. The number of nitrogens with zero attached hydrogens (tertiary/aromatic N) is 1. The number of carbonyl (C=O) groups is 1. The minimum absolute atomic E-state index is 0.104. The van der Waals surface area contributed by atoms with E-state index in [2.05, 4.69) is 0 Å². The number of pyridine rings is 1. The number of aromatic carboxylic acids is 1. The first-order valence-corrected chi connectivity index (χ1v) is 6.42. The second-order valence-corrected chi connectivity index (χ2v) is 4.80. The molecule has 0 saturated carbocycles. The normalized spacial score (nSPS) is 10.9. The van der Waals surface area contributed by atoms with Crippen LogP contribution >= 0.6 is 0 Å². The van der Waals surface area contributed by atoms with Crippen molar-refractivity contribution in [3.05, 3.63) is 75.8 Å². The Morgan fingerprint density at radius 1 is 1.00 bits per heavy atom. The van der Waals surface area contributed by atoms with E-state index >= 15 is 0 Å². The summed E-state index contributed by atoms with van der Waals surface area (Å²) in [5.74, 6) is -4.02. The van der Waals surface area contributed by atoms with Crippen molar-refractivity contribution >= 4 is 16.9 Å². The molecule has 0 amide bonds. The molecule has 0 atom stereocenters. The van der Waals surface area contributed by atoms with Crippen LogP contribution in [0.1, 0.15) is 10.4 Å². The van der Waals surface area contributed by atoms with Gasteiger partial charge in [0.2, 0.25) is 5.43 Å². The Balaban J connectivity index is 2.47. The van der Waals surface area contributed by atoms with E-state index in [0.717, 1.165) is 35.0 Å². The second-order valence-electron chi connectivity index (χ2n) is 4.80. The van der Waals surface area contributed by atoms with E-state index in [0.29, 0.717) is 6.07 Å². The van der Waals surface area contributed by atoms with Crippen LogP contribution in [0.25, 0.3) is 16.6 Å².